The third-order valence-electron chi connectivity index (χ3n) is 5.06. The van der Waals surface area contributed by atoms with Crippen LogP contribution in [0, 0.1) is 0 Å². The van der Waals surface area contributed by atoms with Crippen molar-refractivity contribution < 1.29 is 4.79 Å². The number of hydrogen-bond donors (Lipinski definition) is 3. The third kappa shape index (κ3) is 3.08. The zero-order valence-corrected chi connectivity index (χ0v) is 14.3. The van der Waals surface area contributed by atoms with Crippen molar-refractivity contribution in [2.75, 3.05) is 13.1 Å². The predicted molar refractivity (Wildman–Crippen MR) is 96.1 cm³/mol. The predicted octanol–water partition coefficient (Wildman–Crippen LogP) is 1.96. The molecule has 130 valence electrons. The summed E-state index contributed by atoms with van der Waals surface area (Å²) in [5, 5.41) is 6.27. The van der Waals surface area contributed by atoms with Crippen LogP contribution in [0.3, 0.4) is 0 Å². The maximum Gasteiger partial charge on any atom is 0.326 e. The van der Waals surface area contributed by atoms with Gasteiger partial charge in [0.2, 0.25) is 0 Å². The molecule has 1 amide bonds. The van der Waals surface area contributed by atoms with E-state index in [9.17, 15) is 9.59 Å². The number of halogens is 1. The van der Waals surface area contributed by atoms with Gasteiger partial charge in [0.25, 0.3) is 5.91 Å². The number of amides is 1. The van der Waals surface area contributed by atoms with Crippen LogP contribution >= 0.6 is 12.4 Å². The molecule has 0 radical (unpaired) electrons. The summed E-state index contributed by atoms with van der Waals surface area (Å²) < 4.78 is 1.87. The Kier molecular flexibility index (Phi) is 4.96. The number of aromatic nitrogens is 2. The lowest BCUT2D eigenvalue weighted by Crippen LogP contribution is -2.36. The summed E-state index contributed by atoms with van der Waals surface area (Å²) in [6.07, 6.45) is 5.44. The SMILES string of the molecule is Cl.O=C(NC1CCNC1)c1ccc2c(c1)[nH]c(=O)n2C1CCCC1. The molecule has 1 aromatic heterocycles. The number of carbonyl (C=O) groups excluding carboxylic acids is 1. The second-order valence-electron chi connectivity index (χ2n) is 6.63. The molecule has 2 heterocycles. The second kappa shape index (κ2) is 6.99. The number of hydrogen-bond acceptors (Lipinski definition) is 3. The molecule has 1 saturated heterocycles. The van der Waals surface area contributed by atoms with Crippen molar-refractivity contribution in [3.63, 3.8) is 0 Å². The number of benzene rings is 1. The number of rotatable bonds is 3. The highest BCUT2D eigenvalue weighted by Gasteiger charge is 2.22. The van der Waals surface area contributed by atoms with Crippen LogP contribution in [-0.4, -0.2) is 34.6 Å². The van der Waals surface area contributed by atoms with Gasteiger partial charge in [-0.2, -0.15) is 0 Å². The van der Waals surface area contributed by atoms with Crippen molar-refractivity contribution >= 4 is 29.3 Å². The minimum Gasteiger partial charge on any atom is -0.348 e. The summed E-state index contributed by atoms with van der Waals surface area (Å²) in [6.45, 7) is 1.77. The number of aromatic amines is 1. The van der Waals surface area contributed by atoms with Crippen LogP contribution in [-0.2, 0) is 0 Å². The summed E-state index contributed by atoms with van der Waals surface area (Å²) in [4.78, 5) is 27.5. The summed E-state index contributed by atoms with van der Waals surface area (Å²) in [5.74, 6) is -0.0740. The molecule has 4 rings (SSSR count). The Morgan fingerprint density at radius 3 is 2.71 bits per heavy atom. The Hall–Kier alpha value is -1.79. The van der Waals surface area contributed by atoms with Crippen LogP contribution in [0.1, 0.15) is 48.5 Å². The first kappa shape index (κ1) is 17.0. The summed E-state index contributed by atoms with van der Waals surface area (Å²) >= 11 is 0. The third-order valence-corrected chi connectivity index (χ3v) is 5.06. The fourth-order valence-corrected chi connectivity index (χ4v) is 3.84. The first-order chi connectivity index (χ1) is 11.2. The normalized spacial score (nSPS) is 21.1. The lowest BCUT2D eigenvalue weighted by Gasteiger charge is -2.12. The van der Waals surface area contributed by atoms with Gasteiger partial charge in [-0.3, -0.25) is 9.36 Å². The molecular weight excluding hydrogens is 328 g/mol. The molecule has 1 saturated carbocycles. The molecule has 1 unspecified atom stereocenters. The molecule has 3 N–H and O–H groups in total. The lowest BCUT2D eigenvalue weighted by atomic mass is 10.1. The summed E-state index contributed by atoms with van der Waals surface area (Å²) in [5.41, 5.74) is 2.19. The second-order valence-corrected chi connectivity index (χ2v) is 6.63. The van der Waals surface area contributed by atoms with Gasteiger partial charge in [0.1, 0.15) is 0 Å². The van der Waals surface area contributed by atoms with Gasteiger partial charge in [-0.05, 0) is 44.0 Å². The van der Waals surface area contributed by atoms with Gasteiger partial charge in [0.15, 0.2) is 0 Å². The van der Waals surface area contributed by atoms with Gasteiger partial charge in [-0.25, -0.2) is 4.79 Å². The highest BCUT2D eigenvalue weighted by atomic mass is 35.5. The highest BCUT2D eigenvalue weighted by molar-refractivity contribution is 5.97. The molecular formula is C17H23ClN4O2. The maximum atomic E-state index is 12.4. The average molecular weight is 351 g/mol. The topological polar surface area (TPSA) is 78.9 Å². The Bertz CT molecular complexity index is 785. The van der Waals surface area contributed by atoms with Crippen LogP contribution in [0.25, 0.3) is 11.0 Å². The van der Waals surface area contributed by atoms with Crippen molar-refractivity contribution in [1.82, 2.24) is 20.2 Å². The molecule has 6 nitrogen and oxygen atoms in total. The number of nitrogens with one attached hydrogen (secondary N) is 3. The zero-order chi connectivity index (χ0) is 15.8. The van der Waals surface area contributed by atoms with E-state index in [2.05, 4.69) is 15.6 Å². The fraction of sp³-hybridized carbons (Fsp3) is 0.529. The first-order valence-electron chi connectivity index (χ1n) is 8.48. The number of H-pyrrole nitrogens is 1. The summed E-state index contributed by atoms with van der Waals surface area (Å²) in [7, 11) is 0. The van der Waals surface area contributed by atoms with Gasteiger partial charge in [0.05, 0.1) is 11.0 Å². The van der Waals surface area contributed by atoms with Gasteiger partial charge in [0, 0.05) is 24.2 Å². The molecule has 2 aromatic rings. The first-order valence-corrected chi connectivity index (χ1v) is 8.48. The van der Waals surface area contributed by atoms with Gasteiger partial charge in [-0.1, -0.05) is 12.8 Å². The van der Waals surface area contributed by atoms with Crippen LogP contribution < -0.4 is 16.3 Å². The minimum absolute atomic E-state index is 0. The van der Waals surface area contributed by atoms with E-state index < -0.39 is 0 Å². The molecule has 0 spiro atoms. The summed E-state index contributed by atoms with van der Waals surface area (Å²) in [6, 6.07) is 5.99. The van der Waals surface area contributed by atoms with E-state index in [1.807, 2.05) is 16.7 Å². The van der Waals surface area contributed by atoms with Crippen LogP contribution in [0.5, 0.6) is 0 Å². The smallest absolute Gasteiger partial charge is 0.326 e. The molecule has 1 aliphatic carbocycles. The Morgan fingerprint density at radius 2 is 2.00 bits per heavy atom. The highest BCUT2D eigenvalue weighted by Crippen LogP contribution is 2.30. The number of carbonyl (C=O) groups is 1. The van der Waals surface area contributed by atoms with Gasteiger partial charge in [-0.15, -0.1) is 12.4 Å². The lowest BCUT2D eigenvalue weighted by molar-refractivity contribution is 0.0940. The molecule has 24 heavy (non-hydrogen) atoms. The standard InChI is InChI=1S/C17H22N4O2.ClH/c22-16(19-12-7-8-18-10-12)11-5-6-15-14(9-11)20-17(23)21(15)13-3-1-2-4-13;/h5-6,9,12-13,18H,1-4,7-8,10H2,(H,19,22)(H,20,23);1H. The number of nitrogens with zero attached hydrogens (tertiary/aromatic N) is 1. The van der Waals surface area contributed by atoms with Crippen LogP contribution in [0.15, 0.2) is 23.0 Å². The van der Waals surface area contributed by atoms with E-state index in [4.69, 9.17) is 0 Å². The molecule has 1 aliphatic heterocycles. The Labute approximate surface area is 146 Å². The molecule has 1 atom stereocenters. The largest absolute Gasteiger partial charge is 0.348 e. The Morgan fingerprint density at radius 1 is 1.21 bits per heavy atom. The maximum absolute atomic E-state index is 12.4. The van der Waals surface area contributed by atoms with E-state index in [0.717, 1.165) is 43.4 Å². The molecule has 2 fully saturated rings. The van der Waals surface area contributed by atoms with E-state index >= 15 is 0 Å². The monoisotopic (exact) mass is 350 g/mol. The van der Waals surface area contributed by atoms with E-state index in [1.54, 1.807) is 6.07 Å². The molecule has 0 bridgehead atoms. The minimum atomic E-state index is -0.0740. The van der Waals surface area contributed by atoms with Crippen molar-refractivity contribution in [2.24, 2.45) is 0 Å². The zero-order valence-electron chi connectivity index (χ0n) is 13.5. The average Bonchev–Trinajstić information content (AvgIpc) is 3.25. The van der Waals surface area contributed by atoms with Gasteiger partial charge >= 0.3 is 5.69 Å². The quantitative estimate of drug-likeness (QED) is 0.791. The van der Waals surface area contributed by atoms with Crippen molar-refractivity contribution in [3.8, 4) is 0 Å². The van der Waals surface area contributed by atoms with Crippen molar-refractivity contribution in [3.05, 3.63) is 34.2 Å². The Balaban J connectivity index is 0.00000169. The van der Waals surface area contributed by atoms with Crippen LogP contribution in [0.2, 0.25) is 0 Å². The van der Waals surface area contributed by atoms with E-state index in [-0.39, 0.29) is 30.0 Å². The molecule has 1 aromatic carbocycles. The number of fused-ring (bicyclic) bond motifs is 1. The molecule has 2 aliphatic rings. The van der Waals surface area contributed by atoms with Crippen molar-refractivity contribution in [2.45, 2.75) is 44.2 Å². The number of imidazole rings is 1. The van der Waals surface area contributed by atoms with Crippen LogP contribution in [0.4, 0.5) is 0 Å². The fourth-order valence-electron chi connectivity index (χ4n) is 3.84. The van der Waals surface area contributed by atoms with E-state index in [0.29, 0.717) is 11.6 Å². The van der Waals surface area contributed by atoms with Crippen molar-refractivity contribution in [1.29, 1.82) is 0 Å². The molecule has 7 heteroatoms. The van der Waals surface area contributed by atoms with Gasteiger partial charge < -0.3 is 15.6 Å². The van der Waals surface area contributed by atoms with E-state index in [1.165, 1.54) is 12.8 Å².